The van der Waals surface area contributed by atoms with Gasteiger partial charge in [0.25, 0.3) is 5.91 Å². The van der Waals surface area contributed by atoms with Gasteiger partial charge in [-0.2, -0.15) is 8.78 Å². The van der Waals surface area contributed by atoms with Gasteiger partial charge in [-0.3, -0.25) is 4.79 Å². The van der Waals surface area contributed by atoms with E-state index in [1.165, 1.54) is 26.2 Å². The van der Waals surface area contributed by atoms with Crippen LogP contribution in [0.5, 0.6) is 5.75 Å². The lowest BCUT2D eigenvalue weighted by Gasteiger charge is -2.17. The molecule has 0 aliphatic rings. The Morgan fingerprint density at radius 2 is 2.00 bits per heavy atom. The second kappa shape index (κ2) is 6.47. The van der Waals surface area contributed by atoms with Crippen LogP contribution in [0.15, 0.2) is 24.3 Å². The summed E-state index contributed by atoms with van der Waals surface area (Å²) in [6.07, 6.45) is -0.417. The van der Waals surface area contributed by atoms with E-state index in [9.17, 15) is 13.6 Å². The molecule has 2 N–H and O–H groups in total. The van der Waals surface area contributed by atoms with Crippen molar-refractivity contribution in [2.45, 2.75) is 25.4 Å². The van der Waals surface area contributed by atoms with Gasteiger partial charge in [0, 0.05) is 12.1 Å². The van der Waals surface area contributed by atoms with Crippen LogP contribution in [0, 0.1) is 0 Å². The quantitative estimate of drug-likeness (QED) is 0.829. The van der Waals surface area contributed by atoms with Crippen molar-refractivity contribution in [3.8, 4) is 5.75 Å². The van der Waals surface area contributed by atoms with Gasteiger partial charge < -0.3 is 15.2 Å². The fourth-order valence-corrected chi connectivity index (χ4v) is 1.44. The van der Waals surface area contributed by atoms with Gasteiger partial charge in [-0.05, 0) is 37.6 Å². The second-order valence-electron chi connectivity index (χ2n) is 4.20. The van der Waals surface area contributed by atoms with Crippen LogP contribution in [0.2, 0.25) is 0 Å². The lowest BCUT2D eigenvalue weighted by molar-refractivity contribution is -0.147. The third-order valence-electron chi connectivity index (χ3n) is 2.59. The maximum absolute atomic E-state index is 13.8. The summed E-state index contributed by atoms with van der Waals surface area (Å²) in [5.41, 5.74) is -0.400. The van der Waals surface area contributed by atoms with Gasteiger partial charge in [-0.25, -0.2) is 0 Å². The normalized spacial score (nSPS) is 12.9. The Balaban J connectivity index is 2.69. The highest BCUT2D eigenvalue weighted by atomic mass is 19.3. The number of carbonyl (C=O) groups is 1. The number of amides is 1. The lowest BCUT2D eigenvalue weighted by Crippen LogP contribution is -2.39. The van der Waals surface area contributed by atoms with Crippen molar-refractivity contribution in [1.29, 1.82) is 0 Å². The topological polar surface area (TPSA) is 58.6 Å². The number of nitrogens with one attached hydrogen (secondary N) is 1. The van der Waals surface area contributed by atoms with Crippen molar-refractivity contribution in [3.63, 3.8) is 0 Å². The first-order chi connectivity index (χ1) is 8.87. The van der Waals surface area contributed by atoms with E-state index in [1.807, 2.05) is 0 Å². The molecule has 1 rings (SSSR count). The molecule has 0 saturated heterocycles. The fourth-order valence-electron chi connectivity index (χ4n) is 1.44. The molecule has 0 bridgehead atoms. The Morgan fingerprint density at radius 3 is 2.47 bits per heavy atom. The second-order valence-corrected chi connectivity index (χ2v) is 4.20. The van der Waals surface area contributed by atoms with Crippen LogP contribution in [0.25, 0.3) is 0 Å². The van der Waals surface area contributed by atoms with Gasteiger partial charge in [0.2, 0.25) is 0 Å². The number of rotatable bonds is 6. The van der Waals surface area contributed by atoms with Gasteiger partial charge >= 0.3 is 5.92 Å². The number of aliphatic hydroxyl groups is 1. The molecule has 0 aromatic heterocycles. The van der Waals surface area contributed by atoms with Crippen molar-refractivity contribution < 1.29 is 23.4 Å². The van der Waals surface area contributed by atoms with Crippen LogP contribution in [0.4, 0.5) is 8.78 Å². The van der Waals surface area contributed by atoms with E-state index in [0.717, 1.165) is 12.1 Å². The summed E-state index contributed by atoms with van der Waals surface area (Å²) in [4.78, 5) is 11.4. The zero-order chi connectivity index (χ0) is 14.5. The standard InChI is InChI=1S/C13H17F2NO3/c1-9(17)7-8-16-12(18)13(14,15)10-3-5-11(19-2)6-4-10/h3-6,9,17H,7-8H2,1-2H3,(H,16,18). The molecule has 1 unspecified atom stereocenters. The molecule has 106 valence electrons. The summed E-state index contributed by atoms with van der Waals surface area (Å²) in [5, 5.41) is 11.1. The first-order valence-corrected chi connectivity index (χ1v) is 5.86. The first kappa shape index (κ1) is 15.4. The molecule has 1 atom stereocenters. The van der Waals surface area contributed by atoms with Crippen molar-refractivity contribution in [3.05, 3.63) is 29.8 Å². The number of hydrogen-bond acceptors (Lipinski definition) is 3. The van der Waals surface area contributed by atoms with Gasteiger partial charge in [-0.1, -0.05) is 0 Å². The Kier molecular flexibility index (Phi) is 5.23. The van der Waals surface area contributed by atoms with Crippen molar-refractivity contribution in [2.24, 2.45) is 0 Å². The SMILES string of the molecule is COc1ccc(C(F)(F)C(=O)NCCC(C)O)cc1. The number of carbonyl (C=O) groups excluding carboxylic acids is 1. The number of methoxy groups -OCH3 is 1. The third kappa shape index (κ3) is 4.17. The van der Waals surface area contributed by atoms with Crippen molar-refractivity contribution >= 4 is 5.91 Å². The van der Waals surface area contributed by atoms with Crippen LogP contribution in [0.1, 0.15) is 18.9 Å². The maximum atomic E-state index is 13.8. The summed E-state index contributed by atoms with van der Waals surface area (Å²) in [5.74, 6) is -4.54. The molecule has 0 saturated carbocycles. The van der Waals surface area contributed by atoms with E-state index in [1.54, 1.807) is 0 Å². The first-order valence-electron chi connectivity index (χ1n) is 5.86. The number of alkyl halides is 2. The van der Waals surface area contributed by atoms with Crippen molar-refractivity contribution in [1.82, 2.24) is 5.32 Å². The van der Waals surface area contributed by atoms with Crippen LogP contribution in [-0.4, -0.2) is 30.8 Å². The summed E-state index contributed by atoms with van der Waals surface area (Å²) in [6.45, 7) is 1.52. The average molecular weight is 273 g/mol. The lowest BCUT2D eigenvalue weighted by atomic mass is 10.1. The molecule has 0 heterocycles. The van der Waals surface area contributed by atoms with Gasteiger partial charge in [-0.15, -0.1) is 0 Å². The zero-order valence-electron chi connectivity index (χ0n) is 10.8. The monoisotopic (exact) mass is 273 g/mol. The Morgan fingerprint density at radius 1 is 1.42 bits per heavy atom. The maximum Gasteiger partial charge on any atom is 0.349 e. The largest absolute Gasteiger partial charge is 0.497 e. The Bertz CT molecular complexity index is 418. The highest BCUT2D eigenvalue weighted by Gasteiger charge is 2.40. The minimum absolute atomic E-state index is 0.00223. The molecule has 1 amide bonds. The predicted molar refractivity (Wildman–Crippen MR) is 66.2 cm³/mol. The van der Waals surface area contributed by atoms with Crippen molar-refractivity contribution in [2.75, 3.05) is 13.7 Å². The molecular weight excluding hydrogens is 256 g/mol. The minimum Gasteiger partial charge on any atom is -0.497 e. The van der Waals surface area contributed by atoms with E-state index in [-0.39, 0.29) is 13.0 Å². The van der Waals surface area contributed by atoms with Crippen LogP contribution in [0.3, 0.4) is 0 Å². The summed E-state index contributed by atoms with van der Waals surface area (Å²) in [7, 11) is 1.43. The number of halogens is 2. The average Bonchev–Trinajstić information content (AvgIpc) is 2.38. The van der Waals surface area contributed by atoms with Gasteiger partial charge in [0.1, 0.15) is 5.75 Å². The molecule has 0 aliphatic carbocycles. The van der Waals surface area contributed by atoms with Gasteiger partial charge in [0.15, 0.2) is 0 Å². The molecule has 1 aromatic carbocycles. The molecule has 0 radical (unpaired) electrons. The number of ether oxygens (including phenoxy) is 1. The number of benzene rings is 1. The zero-order valence-corrected chi connectivity index (χ0v) is 10.8. The highest BCUT2D eigenvalue weighted by Crippen LogP contribution is 2.29. The predicted octanol–water partition coefficient (Wildman–Crippen LogP) is 1.67. The molecule has 1 aromatic rings. The molecule has 0 spiro atoms. The van der Waals surface area contributed by atoms with Crippen LogP contribution >= 0.6 is 0 Å². The molecular formula is C13H17F2NO3. The molecule has 0 fully saturated rings. The van der Waals surface area contributed by atoms with Crippen LogP contribution in [-0.2, 0) is 10.7 Å². The number of hydrogen-bond donors (Lipinski definition) is 2. The number of aliphatic hydroxyl groups excluding tert-OH is 1. The fraction of sp³-hybridized carbons (Fsp3) is 0.462. The minimum atomic E-state index is -3.61. The summed E-state index contributed by atoms with van der Waals surface area (Å²) >= 11 is 0. The summed E-state index contributed by atoms with van der Waals surface area (Å²) < 4.78 is 32.4. The Hall–Kier alpha value is -1.69. The molecule has 6 heteroatoms. The van der Waals surface area contributed by atoms with Gasteiger partial charge in [0.05, 0.1) is 13.2 Å². The molecule has 19 heavy (non-hydrogen) atoms. The highest BCUT2D eigenvalue weighted by molar-refractivity contribution is 5.84. The van der Waals surface area contributed by atoms with E-state index >= 15 is 0 Å². The van der Waals surface area contributed by atoms with E-state index in [2.05, 4.69) is 5.32 Å². The van der Waals surface area contributed by atoms with E-state index in [4.69, 9.17) is 9.84 Å². The Labute approximate surface area is 110 Å². The van der Waals surface area contributed by atoms with E-state index < -0.39 is 23.5 Å². The smallest absolute Gasteiger partial charge is 0.349 e. The van der Waals surface area contributed by atoms with Crippen LogP contribution < -0.4 is 10.1 Å². The summed E-state index contributed by atoms with van der Waals surface area (Å²) in [6, 6.07) is 5.03. The molecule has 0 aliphatic heterocycles. The molecule has 4 nitrogen and oxygen atoms in total. The van der Waals surface area contributed by atoms with E-state index in [0.29, 0.717) is 5.75 Å². The third-order valence-corrected chi connectivity index (χ3v) is 2.59.